The molecule has 2 aromatic carbocycles. The number of thiophene rings is 1. The van der Waals surface area contributed by atoms with Gasteiger partial charge in [0.1, 0.15) is 17.4 Å². The average molecular weight is 558 g/mol. The van der Waals surface area contributed by atoms with Crippen molar-refractivity contribution in [1.82, 2.24) is 4.90 Å². The first kappa shape index (κ1) is 27.3. The standard InChI is InChI=1S/C27H24ClNO8S/c1-16(30)36-21-10-6-4-8-19(21)26(32)35-15-23(31)37-24-13-17-14-29(12-11-22(17)38-24)25(27(33)34-2)18-7-3-5-9-20(18)28/h3-10,13,25H,11-12,14-15H2,1-2H3/t25-/m0/s1. The Morgan fingerprint density at radius 3 is 2.53 bits per heavy atom. The minimum Gasteiger partial charge on any atom is -0.468 e. The highest BCUT2D eigenvalue weighted by Gasteiger charge is 2.33. The molecule has 0 radical (unpaired) electrons. The number of benzene rings is 2. The maximum atomic E-state index is 12.7. The number of rotatable bonds is 8. The minimum atomic E-state index is -0.826. The van der Waals surface area contributed by atoms with E-state index >= 15 is 0 Å². The highest BCUT2D eigenvalue weighted by Crippen LogP contribution is 2.37. The second-order valence-corrected chi connectivity index (χ2v) is 9.83. The van der Waals surface area contributed by atoms with Gasteiger partial charge in [0.15, 0.2) is 11.7 Å². The number of carbonyl (C=O) groups is 4. The first-order valence-electron chi connectivity index (χ1n) is 11.6. The van der Waals surface area contributed by atoms with Crippen molar-refractivity contribution in [2.24, 2.45) is 0 Å². The van der Waals surface area contributed by atoms with Gasteiger partial charge in [-0.1, -0.05) is 41.9 Å². The van der Waals surface area contributed by atoms with E-state index in [-0.39, 0.29) is 11.3 Å². The van der Waals surface area contributed by atoms with E-state index in [1.807, 2.05) is 11.0 Å². The molecule has 0 unspecified atom stereocenters. The zero-order valence-electron chi connectivity index (χ0n) is 20.6. The van der Waals surface area contributed by atoms with Crippen molar-refractivity contribution in [3.05, 3.63) is 81.2 Å². The van der Waals surface area contributed by atoms with Crippen LogP contribution in [0.5, 0.6) is 10.8 Å². The van der Waals surface area contributed by atoms with Crippen LogP contribution in [0.15, 0.2) is 54.6 Å². The number of halogens is 1. The summed E-state index contributed by atoms with van der Waals surface area (Å²) < 4.78 is 20.5. The fourth-order valence-electron chi connectivity index (χ4n) is 4.10. The summed E-state index contributed by atoms with van der Waals surface area (Å²) in [6.07, 6.45) is 0.636. The van der Waals surface area contributed by atoms with E-state index in [2.05, 4.69) is 0 Å². The van der Waals surface area contributed by atoms with E-state index in [0.717, 1.165) is 10.4 Å². The van der Waals surface area contributed by atoms with Crippen LogP contribution in [0.3, 0.4) is 0 Å². The molecule has 0 aliphatic carbocycles. The summed E-state index contributed by atoms with van der Waals surface area (Å²) in [6, 6.07) is 14.3. The summed E-state index contributed by atoms with van der Waals surface area (Å²) in [6.45, 7) is 1.59. The minimum absolute atomic E-state index is 0.0147. The van der Waals surface area contributed by atoms with Gasteiger partial charge in [0.05, 0.1) is 7.11 Å². The first-order chi connectivity index (χ1) is 18.3. The number of esters is 4. The Morgan fingerprint density at radius 2 is 1.79 bits per heavy atom. The number of nitrogens with zero attached hydrogens (tertiary/aromatic N) is 1. The van der Waals surface area contributed by atoms with Crippen molar-refractivity contribution in [3.63, 3.8) is 0 Å². The Hall–Kier alpha value is -3.73. The summed E-state index contributed by atoms with van der Waals surface area (Å²) >= 11 is 7.70. The third-order valence-electron chi connectivity index (χ3n) is 5.76. The van der Waals surface area contributed by atoms with Crippen LogP contribution < -0.4 is 9.47 Å². The second-order valence-electron chi connectivity index (χ2n) is 8.32. The van der Waals surface area contributed by atoms with E-state index in [9.17, 15) is 19.2 Å². The van der Waals surface area contributed by atoms with Crippen molar-refractivity contribution in [1.29, 1.82) is 0 Å². The topological polar surface area (TPSA) is 108 Å². The molecule has 4 rings (SSSR count). The molecule has 0 spiro atoms. The Balaban J connectivity index is 1.39. The van der Waals surface area contributed by atoms with Crippen LogP contribution in [0.2, 0.25) is 5.02 Å². The summed E-state index contributed by atoms with van der Waals surface area (Å²) in [5.74, 6) is -2.55. The van der Waals surface area contributed by atoms with Crippen LogP contribution in [-0.4, -0.2) is 49.0 Å². The predicted molar refractivity (Wildman–Crippen MR) is 138 cm³/mol. The molecule has 38 heavy (non-hydrogen) atoms. The number of para-hydroxylation sites is 1. The molecular weight excluding hydrogens is 534 g/mol. The van der Waals surface area contributed by atoms with Gasteiger partial charge in [-0.15, -0.1) is 11.3 Å². The van der Waals surface area contributed by atoms with Crippen LogP contribution in [0.25, 0.3) is 0 Å². The van der Waals surface area contributed by atoms with Crippen molar-refractivity contribution in [2.75, 3.05) is 20.3 Å². The maximum Gasteiger partial charge on any atom is 0.350 e. The van der Waals surface area contributed by atoms with Gasteiger partial charge >= 0.3 is 23.9 Å². The van der Waals surface area contributed by atoms with Crippen molar-refractivity contribution >= 4 is 46.8 Å². The van der Waals surface area contributed by atoms with Gasteiger partial charge in [0.2, 0.25) is 0 Å². The highest BCUT2D eigenvalue weighted by atomic mass is 35.5. The zero-order chi connectivity index (χ0) is 27.2. The fraction of sp³-hybridized carbons (Fsp3) is 0.259. The monoisotopic (exact) mass is 557 g/mol. The SMILES string of the molecule is COC(=O)[C@H](c1ccccc1Cl)N1CCc2sc(OC(=O)COC(=O)c3ccccc3OC(C)=O)cc2C1. The lowest BCUT2D eigenvalue weighted by molar-refractivity contribution is -0.147. The van der Waals surface area contributed by atoms with Gasteiger partial charge in [0, 0.05) is 29.9 Å². The zero-order valence-corrected chi connectivity index (χ0v) is 22.2. The largest absolute Gasteiger partial charge is 0.468 e. The van der Waals surface area contributed by atoms with Crippen LogP contribution >= 0.6 is 22.9 Å². The molecule has 1 aliphatic rings. The van der Waals surface area contributed by atoms with Crippen molar-refractivity contribution in [3.8, 4) is 10.8 Å². The average Bonchev–Trinajstić information content (AvgIpc) is 3.30. The van der Waals surface area contributed by atoms with Crippen LogP contribution in [0.4, 0.5) is 0 Å². The number of hydrogen-bond donors (Lipinski definition) is 0. The first-order valence-corrected chi connectivity index (χ1v) is 12.8. The molecule has 0 saturated carbocycles. The third-order valence-corrected chi connectivity index (χ3v) is 7.22. The molecule has 3 aromatic rings. The molecule has 0 saturated heterocycles. The molecule has 2 heterocycles. The van der Waals surface area contributed by atoms with E-state index in [4.69, 9.17) is 30.5 Å². The maximum absolute atomic E-state index is 12.7. The molecule has 0 amide bonds. The Labute approximate surface area is 227 Å². The molecular formula is C27H24ClNO8S. The summed E-state index contributed by atoms with van der Waals surface area (Å²) in [4.78, 5) is 51.7. The van der Waals surface area contributed by atoms with Gasteiger partial charge < -0.3 is 18.9 Å². The number of ether oxygens (including phenoxy) is 4. The number of fused-ring (bicyclic) bond motifs is 1. The van der Waals surface area contributed by atoms with Crippen molar-refractivity contribution < 1.29 is 38.1 Å². The Morgan fingerprint density at radius 1 is 1.05 bits per heavy atom. The predicted octanol–water partition coefficient (Wildman–Crippen LogP) is 4.36. The van der Waals surface area contributed by atoms with Gasteiger partial charge in [-0.05, 0) is 41.8 Å². The summed E-state index contributed by atoms with van der Waals surface area (Å²) in [5, 5.41) is 0.823. The smallest absolute Gasteiger partial charge is 0.350 e. The van der Waals surface area contributed by atoms with E-state index < -0.39 is 36.5 Å². The molecule has 198 valence electrons. The van der Waals surface area contributed by atoms with E-state index in [1.54, 1.807) is 36.4 Å². The lowest BCUT2D eigenvalue weighted by atomic mass is 10.0. The Bertz CT molecular complexity index is 1370. The van der Waals surface area contributed by atoms with Crippen molar-refractivity contribution in [2.45, 2.75) is 25.9 Å². The fourth-order valence-corrected chi connectivity index (χ4v) is 5.37. The lowest BCUT2D eigenvalue weighted by Crippen LogP contribution is -2.38. The summed E-state index contributed by atoms with van der Waals surface area (Å²) in [5.41, 5.74) is 1.58. The van der Waals surface area contributed by atoms with Crippen LogP contribution in [0.1, 0.15) is 39.3 Å². The third kappa shape index (κ3) is 6.39. The number of hydrogen-bond acceptors (Lipinski definition) is 10. The molecule has 0 N–H and O–H groups in total. The highest BCUT2D eigenvalue weighted by molar-refractivity contribution is 7.14. The van der Waals surface area contributed by atoms with Crippen LogP contribution in [0, 0.1) is 0 Å². The quantitative estimate of drug-likeness (QED) is 0.295. The van der Waals surface area contributed by atoms with Gasteiger partial charge in [-0.3, -0.25) is 9.69 Å². The Kier molecular flexibility index (Phi) is 8.77. The molecule has 1 atom stereocenters. The molecule has 9 nitrogen and oxygen atoms in total. The number of methoxy groups -OCH3 is 1. The summed E-state index contributed by atoms with van der Waals surface area (Å²) in [7, 11) is 1.34. The molecule has 11 heteroatoms. The molecule has 1 aliphatic heterocycles. The lowest BCUT2D eigenvalue weighted by Gasteiger charge is -2.33. The number of carbonyl (C=O) groups excluding carboxylic acids is 4. The second kappa shape index (κ2) is 12.2. The van der Waals surface area contributed by atoms with Gasteiger partial charge in [-0.25, -0.2) is 14.4 Å². The molecule has 0 fully saturated rings. The van der Waals surface area contributed by atoms with E-state index in [0.29, 0.717) is 35.2 Å². The molecule has 1 aromatic heterocycles. The van der Waals surface area contributed by atoms with Crippen LogP contribution in [-0.2, 0) is 36.8 Å². The van der Waals surface area contributed by atoms with Gasteiger partial charge in [-0.2, -0.15) is 0 Å². The van der Waals surface area contributed by atoms with E-state index in [1.165, 1.54) is 37.5 Å². The molecule has 0 bridgehead atoms. The van der Waals surface area contributed by atoms with Gasteiger partial charge in [0.25, 0.3) is 0 Å². The normalized spacial score (nSPS) is 13.7.